The van der Waals surface area contributed by atoms with Crippen molar-refractivity contribution in [3.63, 3.8) is 0 Å². The molecule has 7 heteroatoms. The Kier molecular flexibility index (Phi) is 4.23. The maximum absolute atomic E-state index is 12.0. The van der Waals surface area contributed by atoms with E-state index in [1.54, 1.807) is 10.6 Å². The second kappa shape index (κ2) is 6.30. The van der Waals surface area contributed by atoms with Gasteiger partial charge in [0, 0.05) is 15.5 Å². The molecular formula is C15H13IN4O2. The number of ether oxygens (including phenoxy) is 1. The van der Waals surface area contributed by atoms with Crippen molar-refractivity contribution < 1.29 is 9.53 Å². The maximum atomic E-state index is 12.0. The van der Waals surface area contributed by atoms with E-state index in [1.807, 2.05) is 43.3 Å². The molecule has 0 saturated carbocycles. The number of aryl methyl sites for hydroxylation is 1. The Hall–Kier alpha value is -2.16. The maximum Gasteiger partial charge on any atom is 0.322 e. The molecule has 0 bridgehead atoms. The van der Waals surface area contributed by atoms with Gasteiger partial charge in [0.25, 0.3) is 5.91 Å². The summed E-state index contributed by atoms with van der Waals surface area (Å²) in [6.45, 7) is 1.83. The molecule has 2 aromatic heterocycles. The van der Waals surface area contributed by atoms with E-state index in [-0.39, 0.29) is 12.5 Å². The Morgan fingerprint density at radius 2 is 2.18 bits per heavy atom. The van der Waals surface area contributed by atoms with Crippen LogP contribution < -0.4 is 10.1 Å². The summed E-state index contributed by atoms with van der Waals surface area (Å²) in [5.74, 6) is -0.239. The molecule has 2 heterocycles. The van der Waals surface area contributed by atoms with Crippen LogP contribution in [0.4, 0.5) is 5.69 Å². The molecule has 112 valence electrons. The first-order valence-corrected chi connectivity index (χ1v) is 7.70. The average Bonchev–Trinajstić information content (AvgIpc) is 2.91. The van der Waals surface area contributed by atoms with E-state index < -0.39 is 0 Å². The molecular weight excluding hydrogens is 395 g/mol. The lowest BCUT2D eigenvalue weighted by molar-refractivity contribution is -0.118. The molecule has 0 atom stereocenters. The third-order valence-corrected chi connectivity index (χ3v) is 3.75. The predicted octanol–water partition coefficient (Wildman–Crippen LogP) is 2.66. The van der Waals surface area contributed by atoms with Gasteiger partial charge >= 0.3 is 6.01 Å². The summed E-state index contributed by atoms with van der Waals surface area (Å²) >= 11 is 2.23. The van der Waals surface area contributed by atoms with Crippen LogP contribution in [0.1, 0.15) is 5.56 Å². The van der Waals surface area contributed by atoms with E-state index in [9.17, 15) is 4.79 Å². The molecule has 3 rings (SSSR count). The van der Waals surface area contributed by atoms with Gasteiger partial charge in [-0.05, 0) is 65.4 Å². The molecule has 0 saturated heterocycles. The summed E-state index contributed by atoms with van der Waals surface area (Å²) in [5, 5.41) is 10.7. The van der Waals surface area contributed by atoms with Crippen LogP contribution in [-0.4, -0.2) is 27.1 Å². The van der Waals surface area contributed by atoms with Crippen LogP contribution in [0.2, 0.25) is 0 Å². The summed E-state index contributed by atoms with van der Waals surface area (Å²) in [4.78, 5) is 12.0. The van der Waals surface area contributed by atoms with Crippen molar-refractivity contribution in [1.29, 1.82) is 0 Å². The van der Waals surface area contributed by atoms with Crippen molar-refractivity contribution in [3.8, 4) is 6.01 Å². The van der Waals surface area contributed by atoms with Gasteiger partial charge in [-0.25, -0.2) is 0 Å². The van der Waals surface area contributed by atoms with Crippen molar-refractivity contribution >= 4 is 39.8 Å². The van der Waals surface area contributed by atoms with Gasteiger partial charge in [-0.1, -0.05) is 11.2 Å². The number of fused-ring (bicyclic) bond motifs is 1. The number of pyridine rings is 1. The number of anilines is 1. The topological polar surface area (TPSA) is 68.5 Å². The Balaban J connectivity index is 1.65. The molecule has 1 aromatic carbocycles. The molecule has 22 heavy (non-hydrogen) atoms. The Labute approximate surface area is 140 Å². The largest absolute Gasteiger partial charge is 0.453 e. The molecule has 0 aliphatic heterocycles. The van der Waals surface area contributed by atoms with Crippen LogP contribution in [0, 0.1) is 10.5 Å². The summed E-state index contributed by atoms with van der Waals surface area (Å²) in [6.07, 6.45) is 1.78. The van der Waals surface area contributed by atoms with Crippen LogP contribution in [0.3, 0.4) is 0 Å². The molecule has 6 nitrogen and oxygen atoms in total. The number of hydrogen-bond acceptors (Lipinski definition) is 4. The Morgan fingerprint density at radius 3 is 3.00 bits per heavy atom. The first-order chi connectivity index (χ1) is 10.6. The zero-order valence-electron chi connectivity index (χ0n) is 11.8. The van der Waals surface area contributed by atoms with E-state index in [4.69, 9.17) is 4.74 Å². The normalized spacial score (nSPS) is 10.6. The minimum atomic E-state index is -0.239. The number of hydrogen-bond donors (Lipinski definition) is 1. The molecule has 1 N–H and O–H groups in total. The lowest BCUT2D eigenvalue weighted by Crippen LogP contribution is -2.21. The monoisotopic (exact) mass is 408 g/mol. The van der Waals surface area contributed by atoms with Crippen LogP contribution in [0.5, 0.6) is 6.01 Å². The number of carbonyl (C=O) groups is 1. The molecule has 0 spiro atoms. The van der Waals surface area contributed by atoms with Crippen molar-refractivity contribution in [2.45, 2.75) is 6.92 Å². The van der Waals surface area contributed by atoms with Gasteiger partial charge in [-0.3, -0.25) is 9.20 Å². The lowest BCUT2D eigenvalue weighted by atomic mass is 10.2. The lowest BCUT2D eigenvalue weighted by Gasteiger charge is -2.09. The van der Waals surface area contributed by atoms with Gasteiger partial charge in [-0.15, -0.1) is 5.10 Å². The summed E-state index contributed by atoms with van der Waals surface area (Å²) in [6, 6.07) is 11.6. The highest BCUT2D eigenvalue weighted by Gasteiger charge is 2.10. The van der Waals surface area contributed by atoms with Crippen LogP contribution >= 0.6 is 22.6 Å². The van der Waals surface area contributed by atoms with Gasteiger partial charge in [0.1, 0.15) is 0 Å². The van der Waals surface area contributed by atoms with Crippen molar-refractivity contribution in [1.82, 2.24) is 14.6 Å². The number of aromatic nitrogens is 3. The number of nitrogens with one attached hydrogen (secondary N) is 1. The van der Waals surface area contributed by atoms with Crippen molar-refractivity contribution in [3.05, 3.63) is 51.7 Å². The zero-order chi connectivity index (χ0) is 15.5. The minimum Gasteiger partial charge on any atom is -0.453 e. The van der Waals surface area contributed by atoms with Crippen LogP contribution in [0.25, 0.3) is 5.65 Å². The summed E-state index contributed by atoms with van der Waals surface area (Å²) in [5.41, 5.74) is 2.46. The number of carbonyl (C=O) groups excluding carboxylic acids is 1. The smallest absolute Gasteiger partial charge is 0.322 e. The average molecular weight is 408 g/mol. The van der Waals surface area contributed by atoms with Gasteiger partial charge < -0.3 is 10.1 Å². The minimum absolute atomic E-state index is 0.124. The molecule has 3 aromatic rings. The van der Waals surface area contributed by atoms with Gasteiger partial charge in [0.15, 0.2) is 12.3 Å². The Bertz CT molecular complexity index is 831. The molecule has 1 amide bonds. The van der Waals surface area contributed by atoms with Crippen molar-refractivity contribution in [2.75, 3.05) is 11.9 Å². The van der Waals surface area contributed by atoms with Crippen molar-refractivity contribution in [2.24, 2.45) is 0 Å². The second-order valence-electron chi connectivity index (χ2n) is 4.71. The number of rotatable bonds is 4. The third kappa shape index (κ3) is 3.19. The molecule has 0 aliphatic rings. The van der Waals surface area contributed by atoms with Crippen LogP contribution in [0.15, 0.2) is 42.6 Å². The van der Waals surface area contributed by atoms with Crippen LogP contribution in [-0.2, 0) is 4.79 Å². The van der Waals surface area contributed by atoms with E-state index in [0.717, 1.165) is 14.8 Å². The first kappa shape index (κ1) is 14.8. The number of nitrogens with zero attached hydrogens (tertiary/aromatic N) is 3. The molecule has 0 fully saturated rings. The standard InChI is InChI=1S/C15H13IN4O2/c1-10-8-11(16)5-6-12(10)17-14(21)9-22-15-19-18-13-4-2-3-7-20(13)15/h2-8H,9H2,1H3,(H,17,21). The highest BCUT2D eigenvalue weighted by molar-refractivity contribution is 14.1. The number of amides is 1. The number of benzene rings is 1. The van der Waals surface area contributed by atoms with Gasteiger partial charge in [-0.2, -0.15) is 0 Å². The fourth-order valence-corrected chi connectivity index (χ4v) is 2.65. The summed E-state index contributed by atoms with van der Waals surface area (Å²) < 4.78 is 8.24. The molecule has 0 unspecified atom stereocenters. The van der Waals surface area contributed by atoms with Gasteiger partial charge in [0.05, 0.1) is 0 Å². The van der Waals surface area contributed by atoms with Gasteiger partial charge in [0.2, 0.25) is 0 Å². The van der Waals surface area contributed by atoms with E-state index in [0.29, 0.717) is 11.7 Å². The molecule has 0 radical (unpaired) electrons. The SMILES string of the molecule is Cc1cc(I)ccc1NC(=O)COc1nnc2ccccn12. The van der Waals surface area contributed by atoms with E-state index in [1.165, 1.54) is 0 Å². The summed E-state index contributed by atoms with van der Waals surface area (Å²) in [7, 11) is 0. The molecule has 0 aliphatic carbocycles. The highest BCUT2D eigenvalue weighted by atomic mass is 127. The zero-order valence-corrected chi connectivity index (χ0v) is 13.9. The fraction of sp³-hybridized carbons (Fsp3) is 0.133. The number of halogens is 1. The van der Waals surface area contributed by atoms with E-state index in [2.05, 4.69) is 38.1 Å². The van der Waals surface area contributed by atoms with E-state index >= 15 is 0 Å². The third-order valence-electron chi connectivity index (χ3n) is 3.08. The fourth-order valence-electron chi connectivity index (χ4n) is 2.00. The Morgan fingerprint density at radius 1 is 1.32 bits per heavy atom. The predicted molar refractivity (Wildman–Crippen MR) is 91.0 cm³/mol. The quantitative estimate of drug-likeness (QED) is 0.675. The highest BCUT2D eigenvalue weighted by Crippen LogP contribution is 2.17. The first-order valence-electron chi connectivity index (χ1n) is 6.62. The second-order valence-corrected chi connectivity index (χ2v) is 5.95.